The Morgan fingerprint density at radius 1 is 1.03 bits per heavy atom. The second-order valence-electron chi connectivity index (χ2n) is 12.7. The summed E-state index contributed by atoms with van der Waals surface area (Å²) >= 11 is 0. The number of rotatable bonds is 4. The van der Waals surface area contributed by atoms with Gasteiger partial charge in [-0.15, -0.1) is 0 Å². The maximum absolute atomic E-state index is 13.7. The topological polar surface area (TPSA) is 59.9 Å². The van der Waals surface area contributed by atoms with Gasteiger partial charge in [0, 0.05) is 35.9 Å². The summed E-state index contributed by atoms with van der Waals surface area (Å²) < 4.78 is 0. The number of carbonyl (C=O) groups excluding carboxylic acids is 2. The average Bonchev–Trinajstić information content (AvgIpc) is 3.72. The van der Waals surface area contributed by atoms with Crippen molar-refractivity contribution in [3.05, 3.63) is 71.0 Å². The first-order valence-electron chi connectivity index (χ1n) is 14.3. The van der Waals surface area contributed by atoms with Gasteiger partial charge in [0.15, 0.2) is 5.78 Å². The van der Waals surface area contributed by atoms with Crippen LogP contribution in [0.5, 0.6) is 0 Å². The number of ketones is 2. The van der Waals surface area contributed by atoms with E-state index in [0.717, 1.165) is 56.2 Å². The number of carbonyl (C=O) groups is 2. The molecule has 4 nitrogen and oxygen atoms in total. The highest BCUT2D eigenvalue weighted by molar-refractivity contribution is 5.93. The molecular formula is C33H36N2O2. The molecule has 0 aliphatic heterocycles. The molecule has 37 heavy (non-hydrogen) atoms. The highest BCUT2D eigenvalue weighted by Crippen LogP contribution is 2.67. The molecule has 3 fully saturated rings. The van der Waals surface area contributed by atoms with E-state index in [-0.39, 0.29) is 17.1 Å². The second kappa shape index (κ2) is 8.58. The van der Waals surface area contributed by atoms with Gasteiger partial charge in [-0.1, -0.05) is 43.7 Å². The molecule has 1 heterocycles. The van der Waals surface area contributed by atoms with E-state index >= 15 is 0 Å². The standard InChI is InChI=1S/C33H36N2O2/c1-19-16-28-26-13-11-23-17-24(36)12-14-25(23)30(26)27(18-33(28,2)31(19)32(37)22-9-10-22)20-5-7-21(8-6-20)29-4-3-15-34-35-29/h3-8,15,17,19,22,26-28,31H,9-14,16,18H2,1-2H3/t19-,26+,27-,28+,31-,33+/m1/s1. The minimum absolute atomic E-state index is 0.0355. The zero-order chi connectivity index (χ0) is 25.3. The van der Waals surface area contributed by atoms with E-state index in [1.165, 1.54) is 16.7 Å². The number of hydrogen-bond donors (Lipinski definition) is 0. The van der Waals surface area contributed by atoms with Crippen molar-refractivity contribution in [2.75, 3.05) is 0 Å². The van der Waals surface area contributed by atoms with Crippen molar-refractivity contribution in [1.82, 2.24) is 10.2 Å². The van der Waals surface area contributed by atoms with Gasteiger partial charge in [0.25, 0.3) is 0 Å². The van der Waals surface area contributed by atoms with Crippen molar-refractivity contribution in [2.24, 2.45) is 35.0 Å². The van der Waals surface area contributed by atoms with E-state index in [2.05, 4.69) is 48.3 Å². The van der Waals surface area contributed by atoms with Crippen LogP contribution in [0.4, 0.5) is 0 Å². The Bertz CT molecular complexity index is 1320. The molecule has 6 atom stereocenters. The van der Waals surface area contributed by atoms with Crippen molar-refractivity contribution in [3.8, 4) is 11.3 Å². The molecular weight excluding hydrogens is 456 g/mol. The van der Waals surface area contributed by atoms with Crippen molar-refractivity contribution < 1.29 is 9.59 Å². The SMILES string of the molecule is C[C@@H]1C[C@H]2[C@@H]3CCC4=CC(=O)CCC4=C3[C@@H](c3ccc(-c4cccnn4)cc3)C[C@]2(C)[C@H]1C(=O)C1CC1. The van der Waals surface area contributed by atoms with Gasteiger partial charge in [0.1, 0.15) is 5.78 Å². The molecule has 0 N–H and O–H groups in total. The first-order valence-corrected chi connectivity index (χ1v) is 14.3. The lowest BCUT2D eigenvalue weighted by Crippen LogP contribution is -2.45. The van der Waals surface area contributed by atoms with Crippen molar-refractivity contribution >= 4 is 11.6 Å². The summed E-state index contributed by atoms with van der Waals surface area (Å²) in [6.45, 7) is 4.81. The molecule has 5 aliphatic carbocycles. The Morgan fingerprint density at radius 2 is 1.84 bits per heavy atom. The minimum atomic E-state index is 0.0355. The van der Waals surface area contributed by atoms with Crippen LogP contribution in [0, 0.1) is 35.0 Å². The molecule has 190 valence electrons. The molecule has 1 aromatic heterocycles. The zero-order valence-electron chi connectivity index (χ0n) is 22.0. The summed E-state index contributed by atoms with van der Waals surface area (Å²) in [7, 11) is 0. The number of hydrogen-bond acceptors (Lipinski definition) is 4. The summed E-state index contributed by atoms with van der Waals surface area (Å²) in [4.78, 5) is 26.0. The van der Waals surface area contributed by atoms with E-state index in [9.17, 15) is 9.59 Å². The first-order chi connectivity index (χ1) is 17.9. The summed E-state index contributed by atoms with van der Waals surface area (Å²) in [6.07, 6.45) is 11.7. The monoisotopic (exact) mass is 492 g/mol. The van der Waals surface area contributed by atoms with Crippen LogP contribution in [0.2, 0.25) is 0 Å². The highest BCUT2D eigenvalue weighted by atomic mass is 16.1. The highest BCUT2D eigenvalue weighted by Gasteiger charge is 2.61. The van der Waals surface area contributed by atoms with Gasteiger partial charge in [-0.25, -0.2) is 0 Å². The fourth-order valence-electron chi connectivity index (χ4n) is 8.90. The predicted octanol–water partition coefficient (Wildman–Crippen LogP) is 6.88. The lowest BCUT2D eigenvalue weighted by atomic mass is 9.51. The Morgan fingerprint density at radius 3 is 2.57 bits per heavy atom. The van der Waals surface area contributed by atoms with E-state index < -0.39 is 0 Å². The fourth-order valence-corrected chi connectivity index (χ4v) is 8.90. The summed E-state index contributed by atoms with van der Waals surface area (Å²) in [6, 6.07) is 12.9. The van der Waals surface area contributed by atoms with Gasteiger partial charge < -0.3 is 0 Å². The molecule has 2 aromatic rings. The summed E-state index contributed by atoms with van der Waals surface area (Å²) in [5, 5.41) is 8.35. The van der Waals surface area contributed by atoms with Crippen LogP contribution in [0.15, 0.2) is 65.4 Å². The lowest BCUT2D eigenvalue weighted by Gasteiger charge is -2.52. The van der Waals surface area contributed by atoms with Crippen molar-refractivity contribution in [3.63, 3.8) is 0 Å². The Balaban J connectivity index is 1.34. The van der Waals surface area contributed by atoms with Gasteiger partial charge in [0.2, 0.25) is 0 Å². The molecule has 5 aliphatic rings. The van der Waals surface area contributed by atoms with Gasteiger partial charge in [-0.05, 0) is 103 Å². The minimum Gasteiger partial charge on any atom is -0.299 e. The maximum atomic E-state index is 13.7. The van der Waals surface area contributed by atoms with E-state index in [0.29, 0.717) is 41.8 Å². The Hall–Kier alpha value is -2.88. The van der Waals surface area contributed by atoms with Crippen LogP contribution in [-0.4, -0.2) is 21.8 Å². The zero-order valence-corrected chi connectivity index (χ0v) is 22.0. The number of benzene rings is 1. The van der Waals surface area contributed by atoms with Crippen LogP contribution in [-0.2, 0) is 9.59 Å². The van der Waals surface area contributed by atoms with Crippen molar-refractivity contribution in [2.45, 2.75) is 71.1 Å². The third-order valence-corrected chi connectivity index (χ3v) is 10.5. The van der Waals surface area contributed by atoms with Gasteiger partial charge in [0.05, 0.1) is 5.69 Å². The van der Waals surface area contributed by atoms with Crippen LogP contribution in [0.25, 0.3) is 11.3 Å². The van der Waals surface area contributed by atoms with Crippen LogP contribution < -0.4 is 0 Å². The summed E-state index contributed by atoms with van der Waals surface area (Å²) in [5.41, 5.74) is 7.72. The number of Topliss-reactive ketones (excluding diaryl/α,β-unsaturated/α-hetero) is 1. The van der Waals surface area contributed by atoms with Gasteiger partial charge >= 0.3 is 0 Å². The lowest BCUT2D eigenvalue weighted by molar-refractivity contribution is -0.130. The molecule has 4 heteroatoms. The van der Waals surface area contributed by atoms with Crippen LogP contribution >= 0.6 is 0 Å². The second-order valence-corrected chi connectivity index (χ2v) is 12.7. The smallest absolute Gasteiger partial charge is 0.156 e. The molecule has 3 saturated carbocycles. The number of fused-ring (bicyclic) bond motifs is 4. The third-order valence-electron chi connectivity index (χ3n) is 10.5. The van der Waals surface area contributed by atoms with Gasteiger partial charge in [-0.3, -0.25) is 9.59 Å². The molecule has 0 radical (unpaired) electrons. The van der Waals surface area contributed by atoms with Crippen molar-refractivity contribution in [1.29, 1.82) is 0 Å². The first kappa shape index (κ1) is 23.3. The fraction of sp³-hybridized carbons (Fsp3) is 0.515. The molecule has 1 aromatic carbocycles. The molecule has 0 unspecified atom stereocenters. The quantitative estimate of drug-likeness (QED) is 0.467. The number of aromatic nitrogens is 2. The Kier molecular flexibility index (Phi) is 5.39. The molecule has 0 spiro atoms. The molecule has 0 saturated heterocycles. The van der Waals surface area contributed by atoms with Crippen LogP contribution in [0.3, 0.4) is 0 Å². The third kappa shape index (κ3) is 3.70. The van der Waals surface area contributed by atoms with E-state index in [1.54, 1.807) is 11.8 Å². The van der Waals surface area contributed by atoms with E-state index in [1.807, 2.05) is 18.2 Å². The molecule has 0 amide bonds. The Labute approximate surface area is 219 Å². The normalized spacial score (nSPS) is 34.9. The van der Waals surface area contributed by atoms with Gasteiger partial charge in [-0.2, -0.15) is 10.2 Å². The summed E-state index contributed by atoms with van der Waals surface area (Å²) in [5.74, 6) is 3.18. The number of nitrogens with zero attached hydrogens (tertiary/aromatic N) is 2. The number of allylic oxidation sites excluding steroid dienone is 4. The average molecular weight is 493 g/mol. The maximum Gasteiger partial charge on any atom is 0.156 e. The molecule has 7 rings (SSSR count). The van der Waals surface area contributed by atoms with E-state index in [4.69, 9.17) is 0 Å². The molecule has 0 bridgehead atoms. The largest absolute Gasteiger partial charge is 0.299 e. The predicted molar refractivity (Wildman–Crippen MR) is 143 cm³/mol. The van der Waals surface area contributed by atoms with Crippen LogP contribution in [0.1, 0.15) is 76.7 Å².